The van der Waals surface area contributed by atoms with Gasteiger partial charge in [0.05, 0.1) is 24.9 Å². The van der Waals surface area contributed by atoms with E-state index in [2.05, 4.69) is 36.3 Å². The second-order valence-electron chi connectivity index (χ2n) is 8.42. The first kappa shape index (κ1) is 25.5. The molecule has 1 aromatic heterocycles. The molecule has 3 N–H and O–H groups in total. The van der Waals surface area contributed by atoms with Gasteiger partial charge in [-0.15, -0.1) is 0 Å². The van der Waals surface area contributed by atoms with Crippen molar-refractivity contribution in [3.8, 4) is 5.75 Å². The third-order valence-electron chi connectivity index (χ3n) is 5.69. The molecule has 2 aromatic carbocycles. The molecular weight excluding hydrogens is 476 g/mol. The van der Waals surface area contributed by atoms with Crippen molar-refractivity contribution in [3.63, 3.8) is 0 Å². The Kier molecular flexibility index (Phi) is 7.87. The first-order valence-corrected chi connectivity index (χ1v) is 11.5. The van der Waals surface area contributed by atoms with Gasteiger partial charge in [-0.3, -0.25) is 5.43 Å². The Labute approximate surface area is 213 Å². The van der Waals surface area contributed by atoms with E-state index >= 15 is 0 Å². The summed E-state index contributed by atoms with van der Waals surface area (Å²) in [5.74, 6) is 0.683. The van der Waals surface area contributed by atoms with Crippen LogP contribution in [0.1, 0.15) is 18.1 Å². The second kappa shape index (κ2) is 11.4. The normalized spacial score (nSPS) is 18.9. The average Bonchev–Trinajstić information content (AvgIpc) is 2.88. The lowest BCUT2D eigenvalue weighted by atomic mass is 9.88. The number of ether oxygens (including phenoxy) is 1. The summed E-state index contributed by atoms with van der Waals surface area (Å²) in [6.45, 7) is 3.16. The topological polar surface area (TPSA) is 95.8 Å². The van der Waals surface area contributed by atoms with Crippen molar-refractivity contribution in [1.29, 1.82) is 0 Å². The summed E-state index contributed by atoms with van der Waals surface area (Å²) < 4.78 is 33.9. The number of methoxy groups -OCH3 is 1. The van der Waals surface area contributed by atoms with Crippen LogP contribution in [0.15, 0.2) is 83.0 Å². The SMILES string of the molecule is COc1ccccc1Nc1cc(NN=CC2C=CC=CC2(C)F)nc(NN=Cc2cccc(F)c2C)n1. The minimum Gasteiger partial charge on any atom is -0.495 e. The van der Waals surface area contributed by atoms with E-state index in [1.165, 1.54) is 31.5 Å². The summed E-state index contributed by atoms with van der Waals surface area (Å²) >= 11 is 0. The molecule has 2 unspecified atom stereocenters. The molecule has 10 heteroatoms. The van der Waals surface area contributed by atoms with Crippen LogP contribution in [0.2, 0.25) is 0 Å². The first-order chi connectivity index (χ1) is 17.9. The van der Waals surface area contributed by atoms with Crippen LogP contribution in [0, 0.1) is 18.7 Å². The van der Waals surface area contributed by atoms with Gasteiger partial charge >= 0.3 is 0 Å². The largest absolute Gasteiger partial charge is 0.495 e. The number of nitrogens with zero attached hydrogens (tertiary/aromatic N) is 4. The smallest absolute Gasteiger partial charge is 0.247 e. The molecule has 4 rings (SSSR count). The Bertz CT molecular complexity index is 1370. The average molecular weight is 504 g/mol. The van der Waals surface area contributed by atoms with Crippen molar-refractivity contribution in [2.75, 3.05) is 23.3 Å². The molecule has 8 nitrogen and oxygen atoms in total. The van der Waals surface area contributed by atoms with Crippen LogP contribution >= 0.6 is 0 Å². The van der Waals surface area contributed by atoms with Crippen molar-refractivity contribution >= 4 is 35.7 Å². The van der Waals surface area contributed by atoms with Gasteiger partial charge in [-0.2, -0.15) is 20.2 Å². The highest BCUT2D eigenvalue weighted by atomic mass is 19.1. The Hall–Kier alpha value is -4.60. The van der Waals surface area contributed by atoms with Crippen LogP contribution < -0.4 is 20.9 Å². The number of para-hydroxylation sites is 2. The predicted octanol–water partition coefficient (Wildman–Crippen LogP) is 5.99. The molecular formula is C27H27F2N7O. The zero-order chi connectivity index (χ0) is 26.3. The summed E-state index contributed by atoms with van der Waals surface area (Å²) in [4.78, 5) is 8.82. The minimum atomic E-state index is -1.54. The number of halogens is 2. The maximum absolute atomic E-state index is 14.7. The molecule has 37 heavy (non-hydrogen) atoms. The molecule has 0 saturated heterocycles. The number of benzene rings is 2. The number of anilines is 4. The van der Waals surface area contributed by atoms with E-state index < -0.39 is 11.6 Å². The highest BCUT2D eigenvalue weighted by Gasteiger charge is 2.29. The summed E-state index contributed by atoms with van der Waals surface area (Å²) in [5.41, 5.74) is 5.84. The van der Waals surface area contributed by atoms with Crippen LogP contribution in [0.3, 0.4) is 0 Å². The maximum atomic E-state index is 14.7. The number of rotatable bonds is 9. The van der Waals surface area contributed by atoms with Gasteiger partial charge in [0, 0.05) is 17.8 Å². The Morgan fingerprint density at radius 1 is 1.03 bits per heavy atom. The lowest BCUT2D eigenvalue weighted by Crippen LogP contribution is -2.28. The Morgan fingerprint density at radius 3 is 2.65 bits per heavy atom. The first-order valence-electron chi connectivity index (χ1n) is 11.5. The van der Waals surface area contributed by atoms with E-state index in [4.69, 9.17) is 4.74 Å². The van der Waals surface area contributed by atoms with Gasteiger partial charge in [-0.1, -0.05) is 42.5 Å². The Balaban J connectivity index is 1.57. The predicted molar refractivity (Wildman–Crippen MR) is 144 cm³/mol. The highest BCUT2D eigenvalue weighted by molar-refractivity contribution is 5.82. The third-order valence-corrected chi connectivity index (χ3v) is 5.69. The number of hydrazone groups is 2. The van der Waals surface area contributed by atoms with Crippen LogP contribution in [0.5, 0.6) is 5.75 Å². The molecule has 1 heterocycles. The van der Waals surface area contributed by atoms with Crippen molar-refractivity contribution in [3.05, 3.63) is 89.8 Å². The second-order valence-corrected chi connectivity index (χ2v) is 8.42. The third kappa shape index (κ3) is 6.54. The number of aromatic nitrogens is 2. The highest BCUT2D eigenvalue weighted by Crippen LogP contribution is 2.28. The lowest BCUT2D eigenvalue weighted by molar-refractivity contribution is 0.229. The van der Waals surface area contributed by atoms with E-state index in [0.717, 1.165) is 0 Å². The van der Waals surface area contributed by atoms with E-state index in [0.29, 0.717) is 34.2 Å². The molecule has 0 bridgehead atoms. The van der Waals surface area contributed by atoms with Gasteiger partial charge in [0.25, 0.3) is 0 Å². The van der Waals surface area contributed by atoms with Crippen LogP contribution in [-0.2, 0) is 0 Å². The maximum Gasteiger partial charge on any atom is 0.247 e. The molecule has 1 aliphatic rings. The van der Waals surface area contributed by atoms with E-state index in [1.807, 2.05) is 24.3 Å². The minimum absolute atomic E-state index is 0.152. The number of nitrogens with one attached hydrogen (secondary N) is 3. The molecule has 0 fully saturated rings. The fraction of sp³-hybridized carbons (Fsp3) is 0.185. The zero-order valence-corrected chi connectivity index (χ0v) is 20.6. The number of hydrogen-bond donors (Lipinski definition) is 3. The molecule has 0 saturated carbocycles. The summed E-state index contributed by atoms with van der Waals surface area (Å²) in [6.07, 6.45) is 9.63. The van der Waals surface area contributed by atoms with Gasteiger partial charge in [0.2, 0.25) is 5.95 Å². The van der Waals surface area contributed by atoms with E-state index in [-0.39, 0.29) is 11.8 Å². The summed E-state index contributed by atoms with van der Waals surface area (Å²) in [7, 11) is 1.58. The molecule has 3 aromatic rings. The standard InChI is InChI=1S/C27H27F2N7O/c1-18-19(9-8-11-21(18)28)16-30-36-26-33-24(32-22-12-4-5-13-23(22)37-3)15-25(34-26)35-31-17-20-10-6-7-14-27(20,2)29/h4-17,20H,1-3H3,(H3,32,33,34,35,36). The van der Waals surface area contributed by atoms with Crippen molar-refractivity contribution < 1.29 is 13.5 Å². The van der Waals surface area contributed by atoms with Gasteiger partial charge < -0.3 is 10.1 Å². The number of hydrogen-bond acceptors (Lipinski definition) is 8. The monoisotopic (exact) mass is 503 g/mol. The Morgan fingerprint density at radius 2 is 1.84 bits per heavy atom. The fourth-order valence-electron chi connectivity index (χ4n) is 3.53. The van der Waals surface area contributed by atoms with Gasteiger partial charge in [0.1, 0.15) is 23.1 Å². The molecule has 0 spiro atoms. The van der Waals surface area contributed by atoms with Gasteiger partial charge in [0.15, 0.2) is 5.82 Å². The van der Waals surface area contributed by atoms with E-state index in [9.17, 15) is 8.78 Å². The fourth-order valence-corrected chi connectivity index (χ4v) is 3.53. The summed E-state index contributed by atoms with van der Waals surface area (Å²) in [6, 6.07) is 13.8. The quantitative estimate of drug-likeness (QED) is 0.245. The molecule has 0 radical (unpaired) electrons. The molecule has 0 aliphatic heterocycles. The van der Waals surface area contributed by atoms with E-state index in [1.54, 1.807) is 50.5 Å². The zero-order valence-electron chi connectivity index (χ0n) is 20.6. The van der Waals surface area contributed by atoms with Crippen LogP contribution in [-0.4, -0.2) is 35.2 Å². The molecule has 2 atom stereocenters. The molecule has 1 aliphatic carbocycles. The lowest BCUT2D eigenvalue weighted by Gasteiger charge is -2.23. The van der Waals surface area contributed by atoms with Crippen molar-refractivity contribution in [2.24, 2.45) is 16.1 Å². The van der Waals surface area contributed by atoms with Crippen molar-refractivity contribution in [2.45, 2.75) is 19.5 Å². The van der Waals surface area contributed by atoms with Crippen LogP contribution in [0.4, 0.5) is 32.1 Å². The van der Waals surface area contributed by atoms with Crippen LogP contribution in [0.25, 0.3) is 0 Å². The molecule has 0 amide bonds. The van der Waals surface area contributed by atoms with Crippen molar-refractivity contribution in [1.82, 2.24) is 9.97 Å². The molecule has 190 valence electrons. The summed E-state index contributed by atoms with van der Waals surface area (Å²) in [5, 5.41) is 11.5. The number of alkyl halides is 1. The van der Waals surface area contributed by atoms with Gasteiger partial charge in [-0.05, 0) is 43.7 Å². The van der Waals surface area contributed by atoms with Gasteiger partial charge in [-0.25, -0.2) is 14.2 Å². The number of allylic oxidation sites excluding steroid dienone is 4.